The highest BCUT2D eigenvalue weighted by Gasteiger charge is 2.69. The predicted octanol–water partition coefficient (Wildman–Crippen LogP) is 9.84. The number of halogens is 1. The first kappa shape index (κ1) is 48.8. The Labute approximate surface area is 371 Å². The minimum absolute atomic E-state index is 0.000322. The smallest absolute Gasteiger partial charge is 0.309 e. The maximum atomic E-state index is 14.2. The number of hydrogen-bond donors (Lipinski definition) is 3. The third-order valence-electron chi connectivity index (χ3n) is 17.3. The van der Waals surface area contributed by atoms with Gasteiger partial charge in [0, 0.05) is 41.1 Å². The molecule has 5 rings (SSSR count). The van der Waals surface area contributed by atoms with Gasteiger partial charge in [0.05, 0.1) is 11.8 Å². The molecule has 1 aromatic rings. The molecule has 10 nitrogen and oxygen atoms in total. The van der Waals surface area contributed by atoms with Gasteiger partial charge in [-0.3, -0.25) is 14.4 Å². The summed E-state index contributed by atoms with van der Waals surface area (Å²) in [6, 6.07) is 7.45. The normalized spacial score (nSPS) is 32.9. The van der Waals surface area contributed by atoms with Gasteiger partial charge in [0.1, 0.15) is 12.2 Å². The highest BCUT2D eigenvalue weighted by atomic mass is 35.5. The Bertz CT molecular complexity index is 1870. The number of hydrogen-bond acceptors (Lipinski definition) is 8. The highest BCUT2D eigenvalue weighted by Crippen LogP contribution is 2.75. The van der Waals surface area contributed by atoms with Crippen LogP contribution in [0.25, 0.3) is 5.70 Å². The molecule has 4 saturated carbocycles. The van der Waals surface area contributed by atoms with Gasteiger partial charge in [0.2, 0.25) is 0 Å². The highest BCUT2D eigenvalue weighted by molar-refractivity contribution is 6.30. The van der Waals surface area contributed by atoms with E-state index in [1.807, 2.05) is 57.1 Å². The Balaban J connectivity index is 1.47. The summed E-state index contributed by atoms with van der Waals surface area (Å²) in [6.07, 6.45) is 6.46. The molecule has 9 atom stereocenters. The maximum absolute atomic E-state index is 14.2. The number of rotatable bonds is 15. The first-order valence-electron chi connectivity index (χ1n) is 22.7. The Morgan fingerprint density at radius 1 is 0.934 bits per heavy atom. The molecule has 4 aliphatic rings. The van der Waals surface area contributed by atoms with Crippen LogP contribution in [0.4, 0.5) is 0 Å². The van der Waals surface area contributed by atoms with E-state index >= 15 is 0 Å². The number of likely N-dealkylation sites (N-methyl/N-ethyl adjacent to an activating group) is 1. The number of carboxylic acids is 1. The number of ketones is 1. The van der Waals surface area contributed by atoms with Crippen molar-refractivity contribution in [3.8, 4) is 0 Å². The number of aliphatic hydroxyl groups is 1. The number of carbonyl (C=O) groups excluding carboxylic acids is 2. The summed E-state index contributed by atoms with van der Waals surface area (Å²) < 4.78 is 6.18. The number of esters is 1. The first-order valence-corrected chi connectivity index (χ1v) is 23.1. The molecule has 0 saturated heterocycles. The summed E-state index contributed by atoms with van der Waals surface area (Å²) in [5.41, 5.74) is -0.310. The van der Waals surface area contributed by atoms with Crippen molar-refractivity contribution in [1.29, 1.82) is 0 Å². The van der Waals surface area contributed by atoms with Gasteiger partial charge in [-0.1, -0.05) is 85.4 Å². The lowest BCUT2D eigenvalue weighted by Crippen LogP contribution is -2.66. The summed E-state index contributed by atoms with van der Waals surface area (Å²) >= 11 is 6.27. The fourth-order valence-electron chi connectivity index (χ4n) is 13.1. The Morgan fingerprint density at radius 2 is 1.57 bits per heavy atom. The van der Waals surface area contributed by atoms with Gasteiger partial charge in [-0.15, -0.1) is 0 Å². The number of hydrazone groups is 1. The molecule has 340 valence electrons. The van der Waals surface area contributed by atoms with Gasteiger partial charge < -0.3 is 30.6 Å². The molecule has 11 heteroatoms. The molecule has 0 amide bonds. The number of carboxylic acid groups (broad SMARTS) is 1. The van der Waals surface area contributed by atoms with Crippen molar-refractivity contribution >= 4 is 40.9 Å². The van der Waals surface area contributed by atoms with Crippen molar-refractivity contribution in [1.82, 2.24) is 9.80 Å². The number of aliphatic hydroxyl groups excluding tert-OH is 1. The van der Waals surface area contributed by atoms with Crippen LogP contribution >= 0.6 is 11.6 Å². The van der Waals surface area contributed by atoms with E-state index in [1.165, 1.54) is 0 Å². The Kier molecular flexibility index (Phi) is 14.2. The van der Waals surface area contributed by atoms with Gasteiger partial charge in [-0.2, -0.15) is 5.10 Å². The quantitative estimate of drug-likeness (QED) is 0.0392. The van der Waals surface area contributed by atoms with E-state index in [2.05, 4.69) is 57.8 Å². The molecule has 4 fully saturated rings. The van der Waals surface area contributed by atoms with E-state index < -0.39 is 28.9 Å². The number of ether oxygens (including phenoxy) is 1. The molecule has 1 aromatic carbocycles. The van der Waals surface area contributed by atoms with Crippen molar-refractivity contribution in [3.05, 3.63) is 53.6 Å². The Morgan fingerprint density at radius 3 is 2.15 bits per heavy atom. The van der Waals surface area contributed by atoms with Crippen molar-refractivity contribution in [2.24, 2.45) is 67.1 Å². The van der Waals surface area contributed by atoms with Crippen LogP contribution in [0.15, 0.2) is 48.1 Å². The minimum Gasteiger partial charge on any atom is -0.481 e. The predicted molar refractivity (Wildman–Crippen MR) is 245 cm³/mol. The SMILES string of the molecule is C=C(C(=O)C[C@]1([C@H](O)/C(=N/N)N(CCN(C)C)C(=C)c2ccc(Cl)cc2)CC[C@]2(C)C(CC[C@@H]3C4(C)CCC(OC(=O)CC(C)(C)C(=O)O)C(C)(C)[C@@H]4CC[C@]32C)C1)C(C)C. The lowest BCUT2D eigenvalue weighted by atomic mass is 9.33. The second-order valence-electron chi connectivity index (χ2n) is 22.1. The summed E-state index contributed by atoms with van der Waals surface area (Å²) in [5.74, 6) is 6.15. The lowest BCUT2D eigenvalue weighted by molar-refractivity contribution is -0.243. The zero-order valence-electron chi connectivity index (χ0n) is 39.2. The Hall–Kier alpha value is -3.21. The van der Waals surface area contributed by atoms with Crippen LogP contribution in [0.3, 0.4) is 0 Å². The number of nitrogens with zero attached hydrogens (tertiary/aromatic N) is 3. The molecule has 0 spiro atoms. The fraction of sp³-hybridized carbons (Fsp3) is 0.720. The van der Waals surface area contributed by atoms with Crippen LogP contribution in [0.5, 0.6) is 0 Å². The number of nitrogens with two attached hydrogens (primary N) is 1. The number of Topliss-reactive ketones (excluding diaryl/α,β-unsaturated/α-hetero) is 1. The van der Waals surface area contributed by atoms with Gasteiger partial charge in [-0.25, -0.2) is 0 Å². The molecule has 4 N–H and O–H groups in total. The summed E-state index contributed by atoms with van der Waals surface area (Å²) in [5, 5.41) is 27.6. The summed E-state index contributed by atoms with van der Waals surface area (Å²) in [4.78, 5) is 43.2. The van der Waals surface area contributed by atoms with E-state index in [4.69, 9.17) is 22.2 Å². The third-order valence-corrected chi connectivity index (χ3v) is 17.6. The standard InChI is InChI=1S/C50H77ClN4O6/c1-31(2)32(3)37(56)29-50(42(58)43(53-52)55(27-26-54(12)13)33(4)34-14-17-36(51)18-15-34)25-24-48(10)35(28-50)16-19-39-47(9)22-21-40(61-41(57)30-45(5,6)44(59)60)46(7,8)38(47)20-23-49(39,48)11/h14-15,17-18,31,35,38-40,42,58H,3-4,16,19-30,52H2,1-2,5-13H3,(H,59,60)/b53-43-/t35?,38-,39+,40?,42+,47?,48+,49+,50-/m0/s1. The molecule has 0 bridgehead atoms. The summed E-state index contributed by atoms with van der Waals surface area (Å²) in [7, 11) is 3.99. The monoisotopic (exact) mass is 865 g/mol. The number of aliphatic carboxylic acids is 1. The number of allylic oxidation sites excluding steroid dienone is 1. The molecule has 0 heterocycles. The summed E-state index contributed by atoms with van der Waals surface area (Å²) in [6.45, 7) is 29.0. The second kappa shape index (κ2) is 17.8. The van der Waals surface area contributed by atoms with Crippen molar-refractivity contribution in [2.75, 3.05) is 27.2 Å². The number of benzene rings is 1. The van der Waals surface area contributed by atoms with Crippen LogP contribution in [0, 0.1) is 56.2 Å². The van der Waals surface area contributed by atoms with Gasteiger partial charge in [-0.05, 0) is 149 Å². The molecular formula is C50H77ClN4O6. The molecule has 0 aliphatic heterocycles. The van der Waals surface area contributed by atoms with Crippen molar-refractivity contribution in [2.45, 2.75) is 145 Å². The molecular weight excluding hydrogens is 788 g/mol. The number of carbonyl (C=O) groups is 3. The maximum Gasteiger partial charge on any atom is 0.309 e. The fourth-order valence-corrected chi connectivity index (χ4v) is 13.2. The van der Waals surface area contributed by atoms with Crippen LogP contribution in [0.1, 0.15) is 139 Å². The zero-order chi connectivity index (χ0) is 45.7. The molecule has 0 aromatic heterocycles. The average molecular weight is 866 g/mol. The van der Waals surface area contributed by atoms with Gasteiger partial charge in [0.15, 0.2) is 11.6 Å². The lowest BCUT2D eigenvalue weighted by Gasteiger charge is -2.72. The average Bonchev–Trinajstić information content (AvgIpc) is 3.17. The molecule has 0 radical (unpaired) electrons. The molecule has 61 heavy (non-hydrogen) atoms. The zero-order valence-corrected chi connectivity index (χ0v) is 40.0. The second-order valence-corrected chi connectivity index (χ2v) is 22.5. The largest absolute Gasteiger partial charge is 0.481 e. The van der Waals surface area contributed by atoms with Crippen LogP contribution in [-0.2, 0) is 19.1 Å². The minimum atomic E-state index is -1.19. The van der Waals surface area contributed by atoms with E-state index in [-0.39, 0.29) is 58.2 Å². The van der Waals surface area contributed by atoms with Crippen LogP contribution < -0.4 is 5.84 Å². The topological polar surface area (TPSA) is 146 Å². The van der Waals surface area contributed by atoms with E-state index in [9.17, 15) is 24.6 Å². The van der Waals surface area contributed by atoms with Gasteiger partial charge >= 0.3 is 11.9 Å². The van der Waals surface area contributed by atoms with E-state index in [0.29, 0.717) is 59.9 Å². The van der Waals surface area contributed by atoms with Gasteiger partial charge in [0.25, 0.3) is 0 Å². The van der Waals surface area contributed by atoms with Crippen LogP contribution in [0.2, 0.25) is 5.02 Å². The number of fused-ring (bicyclic) bond motifs is 5. The molecule has 3 unspecified atom stereocenters. The third kappa shape index (κ3) is 8.98. The van der Waals surface area contributed by atoms with Crippen molar-refractivity contribution < 1.29 is 29.3 Å². The van der Waals surface area contributed by atoms with Crippen LogP contribution in [-0.4, -0.2) is 83.0 Å². The van der Waals surface area contributed by atoms with Crippen molar-refractivity contribution in [3.63, 3.8) is 0 Å². The molecule has 4 aliphatic carbocycles. The first-order chi connectivity index (χ1) is 28.2. The van der Waals surface area contributed by atoms with E-state index in [0.717, 1.165) is 50.5 Å². The van der Waals surface area contributed by atoms with E-state index in [1.54, 1.807) is 13.8 Å². The number of amidine groups is 1.